The van der Waals surface area contributed by atoms with E-state index in [4.69, 9.17) is 0 Å². The average molecular weight is 278 g/mol. The maximum absolute atomic E-state index is 12.4. The lowest BCUT2D eigenvalue weighted by atomic mass is 9.96. The largest absolute Gasteiger partial charge is 0.324 e. The van der Waals surface area contributed by atoms with Crippen LogP contribution in [-0.2, 0) is 6.54 Å². The molecule has 0 bridgehead atoms. The molecule has 0 fully saturated rings. The van der Waals surface area contributed by atoms with Gasteiger partial charge in [0.05, 0.1) is 5.69 Å². The van der Waals surface area contributed by atoms with Crippen LogP contribution in [0.2, 0.25) is 0 Å². The van der Waals surface area contributed by atoms with E-state index < -0.39 is 0 Å². The number of anilines is 1. The Morgan fingerprint density at radius 3 is 2.63 bits per heavy atom. The monoisotopic (exact) mass is 278 g/mol. The number of para-hydroxylation sites is 1. The Morgan fingerprint density at radius 1 is 1.32 bits per heavy atom. The molecule has 1 aliphatic heterocycles. The van der Waals surface area contributed by atoms with Crippen LogP contribution in [0.5, 0.6) is 0 Å². The molecule has 0 aromatic heterocycles. The Kier molecular flexibility index (Phi) is 4.40. The second kappa shape index (κ2) is 5.87. The molecular formula is C15H22N2OS. The van der Waals surface area contributed by atoms with Crippen molar-refractivity contribution < 1.29 is 4.79 Å². The number of carbonyl (C=O) groups excluding carboxylic acids is 1. The van der Waals surface area contributed by atoms with Gasteiger partial charge in [-0.1, -0.05) is 32.0 Å². The van der Waals surface area contributed by atoms with Gasteiger partial charge in [0.2, 0.25) is 0 Å². The van der Waals surface area contributed by atoms with Crippen LogP contribution in [0, 0.1) is 11.8 Å². The fourth-order valence-corrected chi connectivity index (χ4v) is 2.97. The molecule has 2 amide bonds. The fourth-order valence-electron chi connectivity index (χ4n) is 2.43. The zero-order chi connectivity index (χ0) is 14.0. The number of hydrogen-bond donors (Lipinski definition) is 1. The Morgan fingerprint density at radius 2 is 2.00 bits per heavy atom. The normalized spacial score (nSPS) is 16.8. The first-order valence-corrected chi connectivity index (χ1v) is 7.39. The number of amides is 2. The molecule has 1 atom stereocenters. The summed E-state index contributed by atoms with van der Waals surface area (Å²) < 4.78 is 0. The van der Waals surface area contributed by atoms with Crippen molar-refractivity contribution >= 4 is 24.3 Å². The molecule has 2 rings (SSSR count). The molecule has 0 N–H and O–H groups in total. The first kappa shape index (κ1) is 14.3. The van der Waals surface area contributed by atoms with E-state index in [1.165, 1.54) is 5.56 Å². The van der Waals surface area contributed by atoms with E-state index in [1.54, 1.807) is 4.90 Å². The molecule has 0 aliphatic carbocycles. The third kappa shape index (κ3) is 2.89. The van der Waals surface area contributed by atoms with Gasteiger partial charge < -0.3 is 4.90 Å². The molecule has 1 aliphatic rings. The van der Waals surface area contributed by atoms with Gasteiger partial charge in [-0.25, -0.2) is 4.79 Å². The zero-order valence-corrected chi connectivity index (χ0v) is 12.7. The van der Waals surface area contributed by atoms with Crippen molar-refractivity contribution in [2.45, 2.75) is 20.4 Å². The van der Waals surface area contributed by atoms with Crippen molar-refractivity contribution in [2.24, 2.45) is 11.8 Å². The molecule has 3 nitrogen and oxygen atoms in total. The molecule has 4 heteroatoms. The highest BCUT2D eigenvalue weighted by Gasteiger charge is 2.29. The maximum atomic E-state index is 12.4. The number of carbonyl (C=O) groups is 1. The van der Waals surface area contributed by atoms with E-state index in [0.717, 1.165) is 18.0 Å². The van der Waals surface area contributed by atoms with E-state index in [9.17, 15) is 4.79 Å². The first-order chi connectivity index (χ1) is 9.04. The summed E-state index contributed by atoms with van der Waals surface area (Å²) in [6.07, 6.45) is 0. The predicted octanol–water partition coefficient (Wildman–Crippen LogP) is 3.26. The Hall–Kier alpha value is -1.16. The van der Waals surface area contributed by atoms with Gasteiger partial charge in [0, 0.05) is 20.1 Å². The molecule has 0 radical (unpaired) electrons. The summed E-state index contributed by atoms with van der Waals surface area (Å²) in [4.78, 5) is 16.1. The van der Waals surface area contributed by atoms with Crippen molar-refractivity contribution in [1.82, 2.24) is 4.90 Å². The number of thiol groups is 1. The van der Waals surface area contributed by atoms with Crippen molar-refractivity contribution in [1.29, 1.82) is 0 Å². The first-order valence-electron chi connectivity index (χ1n) is 6.76. The minimum absolute atomic E-state index is 0.0890. The van der Waals surface area contributed by atoms with Gasteiger partial charge in [-0.2, -0.15) is 12.6 Å². The molecular weight excluding hydrogens is 256 g/mol. The van der Waals surface area contributed by atoms with Gasteiger partial charge in [-0.05, 0) is 29.2 Å². The van der Waals surface area contributed by atoms with Crippen LogP contribution in [0.4, 0.5) is 10.5 Å². The summed E-state index contributed by atoms with van der Waals surface area (Å²) in [7, 11) is 1.86. The van der Waals surface area contributed by atoms with Gasteiger partial charge >= 0.3 is 6.03 Å². The number of nitrogens with zero attached hydrogens (tertiary/aromatic N) is 2. The van der Waals surface area contributed by atoms with Gasteiger partial charge in [0.1, 0.15) is 0 Å². The van der Waals surface area contributed by atoms with E-state index >= 15 is 0 Å². The van der Waals surface area contributed by atoms with Crippen LogP contribution in [0.1, 0.15) is 19.4 Å². The number of fused-ring (bicyclic) bond motifs is 1. The average Bonchev–Trinajstić information content (AvgIpc) is 2.39. The fraction of sp³-hybridized carbons (Fsp3) is 0.533. The predicted molar refractivity (Wildman–Crippen MR) is 82.8 cm³/mol. The van der Waals surface area contributed by atoms with Gasteiger partial charge in [0.25, 0.3) is 0 Å². The van der Waals surface area contributed by atoms with Crippen LogP contribution in [0.25, 0.3) is 0 Å². The molecule has 1 aromatic rings. The summed E-state index contributed by atoms with van der Waals surface area (Å²) in [5, 5.41) is 0. The summed E-state index contributed by atoms with van der Waals surface area (Å²) in [5.74, 6) is 1.73. The van der Waals surface area contributed by atoms with Crippen LogP contribution < -0.4 is 4.90 Å². The molecule has 1 unspecified atom stereocenters. The Bertz CT molecular complexity index is 461. The van der Waals surface area contributed by atoms with Crippen LogP contribution in [0.3, 0.4) is 0 Å². The van der Waals surface area contributed by atoms with E-state index in [2.05, 4.69) is 32.5 Å². The number of rotatable bonds is 4. The number of urea groups is 1. The standard InChI is InChI=1S/C15H22N2OS/c1-11(2)13(10-19)9-17-14-7-5-4-6-12(14)8-16(3)15(17)18/h4-7,11,13,19H,8-10H2,1-3H3. The molecule has 19 heavy (non-hydrogen) atoms. The van der Waals surface area contributed by atoms with Gasteiger partial charge in [0.15, 0.2) is 0 Å². The highest BCUT2D eigenvalue weighted by atomic mass is 32.1. The molecule has 0 spiro atoms. The Balaban J connectivity index is 2.30. The number of hydrogen-bond acceptors (Lipinski definition) is 2. The second-order valence-corrected chi connectivity index (χ2v) is 5.93. The lowest BCUT2D eigenvalue weighted by molar-refractivity contribution is 0.208. The molecule has 1 heterocycles. The van der Waals surface area contributed by atoms with E-state index in [-0.39, 0.29) is 6.03 Å². The van der Waals surface area contributed by atoms with Crippen LogP contribution in [-0.4, -0.2) is 30.3 Å². The summed E-state index contributed by atoms with van der Waals surface area (Å²) >= 11 is 4.43. The Labute approximate surface area is 121 Å². The molecule has 104 valence electrons. The lowest BCUT2D eigenvalue weighted by Crippen LogP contribution is -2.48. The van der Waals surface area contributed by atoms with E-state index in [0.29, 0.717) is 18.4 Å². The third-order valence-corrected chi connectivity index (χ3v) is 4.31. The minimum atomic E-state index is 0.0890. The lowest BCUT2D eigenvalue weighted by Gasteiger charge is -2.37. The highest BCUT2D eigenvalue weighted by Crippen LogP contribution is 2.29. The van der Waals surface area contributed by atoms with Gasteiger partial charge in [-0.3, -0.25) is 4.90 Å². The highest BCUT2D eigenvalue weighted by molar-refractivity contribution is 7.80. The smallest absolute Gasteiger partial charge is 0.323 e. The third-order valence-electron chi connectivity index (χ3n) is 3.84. The topological polar surface area (TPSA) is 23.6 Å². The summed E-state index contributed by atoms with van der Waals surface area (Å²) in [5.41, 5.74) is 2.27. The number of benzene rings is 1. The van der Waals surface area contributed by atoms with Gasteiger partial charge in [-0.15, -0.1) is 0 Å². The maximum Gasteiger partial charge on any atom is 0.324 e. The molecule has 0 saturated carbocycles. The summed E-state index contributed by atoms with van der Waals surface area (Å²) in [6.45, 7) is 5.80. The van der Waals surface area contributed by atoms with Crippen LogP contribution >= 0.6 is 12.6 Å². The van der Waals surface area contributed by atoms with Crippen molar-refractivity contribution in [2.75, 3.05) is 24.2 Å². The van der Waals surface area contributed by atoms with Crippen molar-refractivity contribution in [3.05, 3.63) is 29.8 Å². The van der Waals surface area contributed by atoms with Crippen molar-refractivity contribution in [3.8, 4) is 0 Å². The minimum Gasteiger partial charge on any atom is -0.323 e. The summed E-state index contributed by atoms with van der Waals surface area (Å²) in [6, 6.07) is 8.24. The van der Waals surface area contributed by atoms with E-state index in [1.807, 2.05) is 30.1 Å². The van der Waals surface area contributed by atoms with Crippen molar-refractivity contribution in [3.63, 3.8) is 0 Å². The molecule has 0 saturated heterocycles. The quantitative estimate of drug-likeness (QED) is 0.840. The zero-order valence-electron chi connectivity index (χ0n) is 11.8. The second-order valence-electron chi connectivity index (χ2n) is 5.56. The SMILES string of the molecule is CC(C)C(CS)CN1C(=O)N(C)Cc2ccccc21. The molecule has 1 aromatic carbocycles. The van der Waals surface area contributed by atoms with Crippen LogP contribution in [0.15, 0.2) is 24.3 Å².